The van der Waals surface area contributed by atoms with Crippen LogP contribution in [0.15, 0.2) is 91.1 Å². The molecule has 0 unspecified atom stereocenters. The molecule has 6 rings (SSSR count). The van der Waals surface area contributed by atoms with Crippen molar-refractivity contribution in [2.75, 3.05) is 0 Å². The average Bonchev–Trinajstić information content (AvgIpc) is 3.30. The molecule has 4 aromatic carbocycles. The highest BCUT2D eigenvalue weighted by molar-refractivity contribution is 6.24. The van der Waals surface area contributed by atoms with E-state index in [-0.39, 0.29) is 0 Å². The van der Waals surface area contributed by atoms with Gasteiger partial charge in [-0.2, -0.15) is 0 Å². The molecule has 0 aliphatic carbocycles. The minimum absolute atomic E-state index is 1.19. The van der Waals surface area contributed by atoms with E-state index in [4.69, 9.17) is 0 Å². The summed E-state index contributed by atoms with van der Waals surface area (Å²) in [6, 6.07) is 30.2. The summed E-state index contributed by atoms with van der Waals surface area (Å²) in [6.07, 6.45) is 2.17. The topological polar surface area (TPSA) is 20.7 Å². The molecule has 2 nitrogen and oxygen atoms in total. The summed E-state index contributed by atoms with van der Waals surface area (Å²) in [7, 11) is 0. The normalized spacial score (nSPS) is 11.8. The summed E-state index contributed by atoms with van der Waals surface area (Å²) in [6.45, 7) is 0. The molecule has 0 atom stereocenters. The number of nitrogens with zero attached hydrogens (tertiary/aromatic N) is 1. The zero-order chi connectivity index (χ0) is 17.1. The van der Waals surface area contributed by atoms with Crippen molar-refractivity contribution in [3.8, 4) is 5.69 Å². The van der Waals surface area contributed by atoms with Gasteiger partial charge in [0.2, 0.25) is 0 Å². The van der Waals surface area contributed by atoms with Gasteiger partial charge in [0.15, 0.2) is 0 Å². The molecule has 0 saturated heterocycles. The van der Waals surface area contributed by atoms with Crippen LogP contribution in [0.1, 0.15) is 0 Å². The summed E-state index contributed by atoms with van der Waals surface area (Å²) in [5.74, 6) is 0. The van der Waals surface area contributed by atoms with E-state index in [1.807, 2.05) is 0 Å². The SMILES string of the molecule is c1ccc(-n2ccc3ccc4c(ccc5[nH]c6ccccc6c54)c32)cc1. The summed E-state index contributed by atoms with van der Waals surface area (Å²) in [4.78, 5) is 3.55. The highest BCUT2D eigenvalue weighted by Crippen LogP contribution is 2.36. The lowest BCUT2D eigenvalue weighted by molar-refractivity contribution is 1.13. The van der Waals surface area contributed by atoms with Crippen molar-refractivity contribution >= 4 is 43.5 Å². The highest BCUT2D eigenvalue weighted by atomic mass is 15.0. The number of hydrogen-bond donors (Lipinski definition) is 1. The maximum absolute atomic E-state index is 3.55. The number of aromatic nitrogens is 2. The molecular weight excluding hydrogens is 316 g/mol. The van der Waals surface area contributed by atoms with Crippen LogP contribution in [0.2, 0.25) is 0 Å². The number of fused-ring (bicyclic) bond motifs is 7. The fraction of sp³-hybridized carbons (Fsp3) is 0. The maximum atomic E-state index is 3.55. The van der Waals surface area contributed by atoms with Crippen LogP contribution in [-0.4, -0.2) is 9.55 Å². The van der Waals surface area contributed by atoms with Crippen molar-refractivity contribution in [3.05, 3.63) is 91.1 Å². The standard InChI is InChI=1S/C24H16N2/c1-2-6-17(7-3-1)26-15-14-16-10-11-18-19(24(16)26)12-13-22-23(18)20-8-4-5-9-21(20)25-22/h1-15,25H. The highest BCUT2D eigenvalue weighted by Gasteiger charge is 2.12. The van der Waals surface area contributed by atoms with Crippen LogP contribution in [0.5, 0.6) is 0 Å². The Hall–Kier alpha value is -3.52. The van der Waals surface area contributed by atoms with Crippen molar-refractivity contribution in [1.29, 1.82) is 0 Å². The number of H-pyrrole nitrogens is 1. The van der Waals surface area contributed by atoms with Gasteiger partial charge in [-0.3, -0.25) is 0 Å². The molecule has 0 spiro atoms. The maximum Gasteiger partial charge on any atom is 0.0607 e. The van der Waals surface area contributed by atoms with Crippen molar-refractivity contribution < 1.29 is 0 Å². The smallest absolute Gasteiger partial charge is 0.0607 e. The molecule has 0 radical (unpaired) electrons. The first kappa shape index (κ1) is 13.7. The first-order chi connectivity index (χ1) is 12.9. The molecule has 2 heteroatoms. The lowest BCUT2D eigenvalue weighted by Crippen LogP contribution is -1.92. The predicted molar refractivity (Wildman–Crippen MR) is 110 cm³/mol. The van der Waals surface area contributed by atoms with Gasteiger partial charge < -0.3 is 9.55 Å². The molecule has 0 aliphatic heterocycles. The second-order valence-electron chi connectivity index (χ2n) is 6.78. The monoisotopic (exact) mass is 332 g/mol. The van der Waals surface area contributed by atoms with Crippen LogP contribution >= 0.6 is 0 Å². The predicted octanol–water partition coefficient (Wildman–Crippen LogP) is 6.42. The summed E-state index contributed by atoms with van der Waals surface area (Å²) >= 11 is 0. The first-order valence-corrected chi connectivity index (χ1v) is 8.89. The van der Waals surface area contributed by atoms with Crippen molar-refractivity contribution in [2.45, 2.75) is 0 Å². The van der Waals surface area contributed by atoms with E-state index >= 15 is 0 Å². The minimum atomic E-state index is 1.19. The number of benzene rings is 4. The number of aromatic amines is 1. The quantitative estimate of drug-likeness (QED) is 0.359. The largest absolute Gasteiger partial charge is 0.354 e. The van der Waals surface area contributed by atoms with Crippen LogP contribution in [0.25, 0.3) is 49.2 Å². The number of hydrogen-bond acceptors (Lipinski definition) is 0. The van der Waals surface area contributed by atoms with E-state index in [0.717, 1.165) is 0 Å². The zero-order valence-electron chi connectivity index (χ0n) is 14.1. The van der Waals surface area contributed by atoms with Crippen LogP contribution in [-0.2, 0) is 0 Å². The molecule has 122 valence electrons. The van der Waals surface area contributed by atoms with Crippen LogP contribution in [0.4, 0.5) is 0 Å². The fourth-order valence-electron chi connectivity index (χ4n) is 4.19. The molecule has 2 heterocycles. The molecular formula is C24H16N2. The van der Waals surface area contributed by atoms with Gasteiger partial charge >= 0.3 is 0 Å². The fourth-order valence-corrected chi connectivity index (χ4v) is 4.19. The Balaban J connectivity index is 1.82. The van der Waals surface area contributed by atoms with Gasteiger partial charge in [0.25, 0.3) is 0 Å². The number of rotatable bonds is 1. The van der Waals surface area contributed by atoms with E-state index in [0.29, 0.717) is 0 Å². The zero-order valence-corrected chi connectivity index (χ0v) is 14.1. The molecule has 0 amide bonds. The van der Waals surface area contributed by atoms with Crippen LogP contribution in [0, 0.1) is 0 Å². The van der Waals surface area contributed by atoms with E-state index < -0.39 is 0 Å². The van der Waals surface area contributed by atoms with E-state index in [9.17, 15) is 0 Å². The Morgan fingerprint density at radius 2 is 1.38 bits per heavy atom. The average molecular weight is 332 g/mol. The molecule has 0 fully saturated rings. The lowest BCUT2D eigenvalue weighted by Gasteiger charge is -2.09. The summed E-state index contributed by atoms with van der Waals surface area (Å²) in [5, 5.41) is 6.43. The third-order valence-electron chi connectivity index (χ3n) is 5.35. The van der Waals surface area contributed by atoms with Crippen molar-refractivity contribution in [2.24, 2.45) is 0 Å². The number of nitrogens with one attached hydrogen (secondary N) is 1. The molecule has 6 aromatic rings. The van der Waals surface area contributed by atoms with E-state index in [1.165, 1.54) is 49.2 Å². The van der Waals surface area contributed by atoms with Gasteiger partial charge in [-0.25, -0.2) is 0 Å². The second-order valence-corrected chi connectivity index (χ2v) is 6.78. The minimum Gasteiger partial charge on any atom is -0.354 e. The van der Waals surface area contributed by atoms with Gasteiger partial charge in [-0.1, -0.05) is 54.6 Å². The van der Waals surface area contributed by atoms with E-state index in [2.05, 4.69) is 101 Å². The third kappa shape index (κ3) is 1.76. The molecule has 26 heavy (non-hydrogen) atoms. The van der Waals surface area contributed by atoms with E-state index in [1.54, 1.807) is 0 Å². The Morgan fingerprint density at radius 1 is 0.577 bits per heavy atom. The Labute approximate surface area is 150 Å². The van der Waals surface area contributed by atoms with Gasteiger partial charge in [0.05, 0.1) is 5.52 Å². The third-order valence-corrected chi connectivity index (χ3v) is 5.35. The van der Waals surface area contributed by atoms with Gasteiger partial charge in [0, 0.05) is 44.5 Å². The van der Waals surface area contributed by atoms with Crippen LogP contribution < -0.4 is 0 Å². The van der Waals surface area contributed by atoms with Gasteiger partial charge in [0.1, 0.15) is 0 Å². The Bertz CT molecular complexity index is 1420. The molecule has 0 saturated carbocycles. The first-order valence-electron chi connectivity index (χ1n) is 8.89. The summed E-state index contributed by atoms with van der Waals surface area (Å²) in [5.41, 5.74) is 4.83. The molecule has 0 aliphatic rings. The van der Waals surface area contributed by atoms with Crippen molar-refractivity contribution in [1.82, 2.24) is 9.55 Å². The summed E-state index contributed by atoms with van der Waals surface area (Å²) < 4.78 is 2.29. The molecule has 0 bridgehead atoms. The molecule has 2 aromatic heterocycles. The van der Waals surface area contributed by atoms with Crippen LogP contribution in [0.3, 0.4) is 0 Å². The Morgan fingerprint density at radius 3 is 2.31 bits per heavy atom. The molecule has 1 N–H and O–H groups in total. The Kier molecular flexibility index (Phi) is 2.64. The lowest BCUT2D eigenvalue weighted by atomic mass is 10.0. The number of para-hydroxylation sites is 2. The van der Waals surface area contributed by atoms with Gasteiger partial charge in [-0.15, -0.1) is 0 Å². The second kappa shape index (κ2) is 4.99. The van der Waals surface area contributed by atoms with Gasteiger partial charge in [-0.05, 0) is 35.7 Å². The van der Waals surface area contributed by atoms with Crippen molar-refractivity contribution in [3.63, 3.8) is 0 Å².